The summed E-state index contributed by atoms with van der Waals surface area (Å²) in [5.74, 6) is 0.636. The zero-order chi connectivity index (χ0) is 14.4. The molecule has 2 rings (SSSR count). The maximum Gasteiger partial charge on any atom is 0.233 e. The minimum Gasteiger partial charge on any atom is -0.494 e. The fourth-order valence-electron chi connectivity index (χ4n) is 1.97. The highest BCUT2D eigenvalue weighted by atomic mass is 16.5. The molecule has 1 amide bonds. The summed E-state index contributed by atoms with van der Waals surface area (Å²) in [5, 5.41) is 14.4. The molecule has 108 valence electrons. The molecule has 1 saturated carbocycles. The quantitative estimate of drug-likeness (QED) is 0.228. The van der Waals surface area contributed by atoms with Crippen LogP contribution in [0.5, 0.6) is 5.75 Å². The second kappa shape index (κ2) is 6.27. The molecule has 6 nitrogen and oxygen atoms in total. The Morgan fingerprint density at radius 2 is 2.10 bits per heavy atom. The number of para-hydroxylation sites is 1. The lowest BCUT2D eigenvalue weighted by atomic mass is 10.1. The van der Waals surface area contributed by atoms with Crippen molar-refractivity contribution in [2.24, 2.45) is 16.3 Å². The molecule has 1 fully saturated rings. The summed E-state index contributed by atoms with van der Waals surface area (Å²) in [6.07, 6.45) is 1.97. The first-order valence-electron chi connectivity index (χ1n) is 6.63. The maximum absolute atomic E-state index is 11.9. The summed E-state index contributed by atoms with van der Waals surface area (Å²) in [6.45, 7) is 1.03. The van der Waals surface area contributed by atoms with E-state index in [0.29, 0.717) is 32.4 Å². The number of hydrogen-bond donors (Lipinski definition) is 3. The Bertz CT molecular complexity index is 484. The largest absolute Gasteiger partial charge is 0.494 e. The first-order chi connectivity index (χ1) is 9.69. The van der Waals surface area contributed by atoms with Crippen LogP contribution in [0, 0.1) is 5.41 Å². The normalized spacial score (nSPS) is 16.5. The van der Waals surface area contributed by atoms with Crippen molar-refractivity contribution in [2.45, 2.75) is 19.3 Å². The van der Waals surface area contributed by atoms with E-state index in [1.165, 1.54) is 0 Å². The Balaban J connectivity index is 1.66. The highest BCUT2D eigenvalue weighted by molar-refractivity contribution is 6.09. The van der Waals surface area contributed by atoms with Gasteiger partial charge in [-0.3, -0.25) is 4.79 Å². The van der Waals surface area contributed by atoms with Crippen LogP contribution in [0.2, 0.25) is 0 Å². The van der Waals surface area contributed by atoms with Crippen LogP contribution in [-0.2, 0) is 4.79 Å². The van der Waals surface area contributed by atoms with Gasteiger partial charge >= 0.3 is 0 Å². The van der Waals surface area contributed by atoms with Gasteiger partial charge in [0.1, 0.15) is 11.2 Å². The first-order valence-corrected chi connectivity index (χ1v) is 6.63. The standard InChI is InChI=1S/C14H19N3O3/c15-12(17-19)14(7-8-14)13(18)16-9-4-10-20-11-5-2-1-3-6-11/h1-3,5-6,19H,4,7-10H2,(H2,15,17)(H,16,18). The third-order valence-electron chi connectivity index (χ3n) is 3.40. The molecule has 1 aromatic rings. The zero-order valence-electron chi connectivity index (χ0n) is 11.2. The van der Waals surface area contributed by atoms with Crippen LogP contribution in [0.3, 0.4) is 0 Å². The number of nitrogens with one attached hydrogen (secondary N) is 1. The number of carbonyl (C=O) groups is 1. The number of carbonyl (C=O) groups excluding carboxylic acids is 1. The fraction of sp³-hybridized carbons (Fsp3) is 0.429. The number of rotatable bonds is 7. The average Bonchev–Trinajstić information content (AvgIpc) is 3.28. The number of benzene rings is 1. The van der Waals surface area contributed by atoms with Gasteiger partial charge in [-0.15, -0.1) is 0 Å². The van der Waals surface area contributed by atoms with E-state index < -0.39 is 5.41 Å². The van der Waals surface area contributed by atoms with E-state index in [1.807, 2.05) is 30.3 Å². The Hall–Kier alpha value is -2.24. The average molecular weight is 277 g/mol. The lowest BCUT2D eigenvalue weighted by Crippen LogP contribution is -2.41. The molecule has 1 aliphatic rings. The topological polar surface area (TPSA) is 96.9 Å². The van der Waals surface area contributed by atoms with Gasteiger partial charge in [0.25, 0.3) is 0 Å². The molecule has 0 bridgehead atoms. The lowest BCUT2D eigenvalue weighted by molar-refractivity contribution is -0.124. The monoisotopic (exact) mass is 277 g/mol. The van der Waals surface area contributed by atoms with Gasteiger partial charge < -0.3 is 21.0 Å². The van der Waals surface area contributed by atoms with Crippen molar-refractivity contribution in [3.8, 4) is 5.75 Å². The van der Waals surface area contributed by atoms with Gasteiger partial charge in [-0.25, -0.2) is 0 Å². The van der Waals surface area contributed by atoms with E-state index in [1.54, 1.807) is 0 Å². The van der Waals surface area contributed by atoms with Crippen LogP contribution in [0.1, 0.15) is 19.3 Å². The summed E-state index contributed by atoms with van der Waals surface area (Å²) in [7, 11) is 0. The Morgan fingerprint density at radius 3 is 2.70 bits per heavy atom. The van der Waals surface area contributed by atoms with Crippen LogP contribution in [-0.4, -0.2) is 30.1 Å². The number of amidine groups is 1. The summed E-state index contributed by atoms with van der Waals surface area (Å²) < 4.78 is 5.52. The molecular formula is C14H19N3O3. The molecule has 0 radical (unpaired) electrons. The number of amides is 1. The van der Waals surface area contributed by atoms with Crippen molar-refractivity contribution in [3.63, 3.8) is 0 Å². The van der Waals surface area contributed by atoms with Crippen molar-refractivity contribution in [1.29, 1.82) is 0 Å². The minimum atomic E-state index is -0.783. The van der Waals surface area contributed by atoms with Gasteiger partial charge in [-0.1, -0.05) is 23.4 Å². The maximum atomic E-state index is 11.9. The smallest absolute Gasteiger partial charge is 0.233 e. The molecule has 4 N–H and O–H groups in total. The van der Waals surface area contributed by atoms with E-state index in [-0.39, 0.29) is 11.7 Å². The molecule has 6 heteroatoms. The van der Waals surface area contributed by atoms with E-state index in [2.05, 4.69) is 10.5 Å². The molecule has 1 aromatic carbocycles. The van der Waals surface area contributed by atoms with Crippen LogP contribution in [0.15, 0.2) is 35.5 Å². The van der Waals surface area contributed by atoms with E-state index in [0.717, 1.165) is 5.75 Å². The number of hydrogen-bond acceptors (Lipinski definition) is 4. The molecule has 0 heterocycles. The van der Waals surface area contributed by atoms with Crippen LogP contribution >= 0.6 is 0 Å². The molecular weight excluding hydrogens is 258 g/mol. The second-order valence-corrected chi connectivity index (χ2v) is 4.84. The predicted octanol–water partition coefficient (Wildman–Crippen LogP) is 1.10. The van der Waals surface area contributed by atoms with Crippen LogP contribution < -0.4 is 15.8 Å². The van der Waals surface area contributed by atoms with Crippen molar-refractivity contribution in [2.75, 3.05) is 13.2 Å². The van der Waals surface area contributed by atoms with Gasteiger partial charge in [0.05, 0.1) is 6.61 Å². The SMILES string of the molecule is N/C(=N/O)C1(C(=O)NCCCOc2ccccc2)CC1. The second-order valence-electron chi connectivity index (χ2n) is 4.84. The molecule has 0 aromatic heterocycles. The number of nitrogens with zero attached hydrogens (tertiary/aromatic N) is 1. The van der Waals surface area contributed by atoms with Crippen molar-refractivity contribution in [3.05, 3.63) is 30.3 Å². The highest BCUT2D eigenvalue weighted by Gasteiger charge is 2.53. The number of ether oxygens (including phenoxy) is 1. The van der Waals surface area contributed by atoms with Crippen molar-refractivity contribution in [1.82, 2.24) is 5.32 Å². The zero-order valence-corrected chi connectivity index (χ0v) is 11.2. The van der Waals surface area contributed by atoms with Crippen LogP contribution in [0.4, 0.5) is 0 Å². The van der Waals surface area contributed by atoms with Gasteiger partial charge in [0.2, 0.25) is 5.91 Å². The molecule has 0 spiro atoms. The van der Waals surface area contributed by atoms with Crippen LogP contribution in [0.25, 0.3) is 0 Å². The Kier molecular flexibility index (Phi) is 4.45. The molecule has 0 unspecified atom stereocenters. The Morgan fingerprint density at radius 1 is 1.40 bits per heavy atom. The molecule has 0 saturated heterocycles. The summed E-state index contributed by atoms with van der Waals surface area (Å²) in [6, 6.07) is 9.51. The fourth-order valence-corrected chi connectivity index (χ4v) is 1.97. The molecule has 0 atom stereocenters. The third-order valence-corrected chi connectivity index (χ3v) is 3.40. The lowest BCUT2D eigenvalue weighted by Gasteiger charge is -2.13. The van der Waals surface area contributed by atoms with E-state index >= 15 is 0 Å². The summed E-state index contributed by atoms with van der Waals surface area (Å²) >= 11 is 0. The number of oxime groups is 1. The molecule has 20 heavy (non-hydrogen) atoms. The van der Waals surface area contributed by atoms with Gasteiger partial charge in [-0.05, 0) is 31.4 Å². The minimum absolute atomic E-state index is 0.00413. The first kappa shape index (κ1) is 14.2. The predicted molar refractivity (Wildman–Crippen MR) is 74.6 cm³/mol. The van der Waals surface area contributed by atoms with E-state index in [9.17, 15) is 4.79 Å². The molecule has 1 aliphatic carbocycles. The van der Waals surface area contributed by atoms with E-state index in [4.69, 9.17) is 15.7 Å². The third kappa shape index (κ3) is 3.20. The van der Waals surface area contributed by atoms with Gasteiger partial charge in [-0.2, -0.15) is 0 Å². The number of nitrogens with two attached hydrogens (primary N) is 1. The highest BCUT2D eigenvalue weighted by Crippen LogP contribution is 2.45. The van der Waals surface area contributed by atoms with Gasteiger partial charge in [0, 0.05) is 6.54 Å². The molecule has 0 aliphatic heterocycles. The van der Waals surface area contributed by atoms with Gasteiger partial charge in [0.15, 0.2) is 5.84 Å². The van der Waals surface area contributed by atoms with Crippen molar-refractivity contribution >= 4 is 11.7 Å². The Labute approximate surface area is 117 Å². The van der Waals surface area contributed by atoms with Crippen molar-refractivity contribution < 1.29 is 14.7 Å². The summed E-state index contributed by atoms with van der Waals surface area (Å²) in [5.41, 5.74) is 4.75. The summed E-state index contributed by atoms with van der Waals surface area (Å²) in [4.78, 5) is 11.9.